The molecule has 0 aromatic carbocycles. The maximum Gasteiger partial charge on any atom is 0.139 e. The van der Waals surface area contributed by atoms with Crippen LogP contribution in [-0.2, 0) is 4.74 Å². The van der Waals surface area contributed by atoms with Gasteiger partial charge in [0, 0.05) is 19.3 Å². The van der Waals surface area contributed by atoms with Crippen LogP contribution in [0.15, 0.2) is 12.3 Å². The Morgan fingerprint density at radius 2 is 2.37 bits per heavy atom. The number of nitrogens with two attached hydrogens (primary N) is 1. The van der Waals surface area contributed by atoms with E-state index in [1.165, 1.54) is 0 Å². The van der Waals surface area contributed by atoms with E-state index in [0.29, 0.717) is 18.1 Å². The molecule has 2 rings (SSSR count). The lowest BCUT2D eigenvalue weighted by atomic mass is 10.1. The lowest BCUT2D eigenvalue weighted by Gasteiger charge is -2.37. The van der Waals surface area contributed by atoms with Crippen LogP contribution in [0.1, 0.15) is 18.1 Å². The number of ether oxygens (including phenoxy) is 1. The fourth-order valence-electron chi connectivity index (χ4n) is 2.41. The summed E-state index contributed by atoms with van der Waals surface area (Å²) in [6, 6.07) is 1.89. The highest BCUT2D eigenvalue weighted by Gasteiger charge is 2.27. The lowest BCUT2D eigenvalue weighted by molar-refractivity contribution is -0.0423. The first-order valence-electron chi connectivity index (χ1n) is 6.29. The van der Waals surface area contributed by atoms with Gasteiger partial charge in [-0.15, -0.1) is 0 Å². The summed E-state index contributed by atoms with van der Waals surface area (Å²) in [5.41, 5.74) is 7.63. The van der Waals surface area contributed by atoms with Crippen LogP contribution in [-0.4, -0.2) is 47.0 Å². The predicted octanol–water partition coefficient (Wildman–Crippen LogP) is 0.610. The van der Waals surface area contributed by atoms with E-state index in [-0.39, 0.29) is 18.8 Å². The number of morpholine rings is 1. The van der Waals surface area contributed by atoms with E-state index in [0.717, 1.165) is 16.9 Å². The van der Waals surface area contributed by atoms with Crippen molar-refractivity contribution in [1.82, 2.24) is 4.98 Å². The van der Waals surface area contributed by atoms with Crippen molar-refractivity contribution in [2.75, 3.05) is 24.6 Å². The van der Waals surface area contributed by atoms with Gasteiger partial charge in [-0.3, -0.25) is 0 Å². The van der Waals surface area contributed by atoms with Crippen molar-refractivity contribution in [3.8, 4) is 0 Å². The fraction of sp³-hybridized carbons (Fsp3) is 0.538. The molecular weight excluding hydrogens is 262 g/mol. The average molecular weight is 281 g/mol. The van der Waals surface area contributed by atoms with Gasteiger partial charge in [-0.1, -0.05) is 12.2 Å². The Kier molecular flexibility index (Phi) is 4.34. The number of pyridine rings is 1. The van der Waals surface area contributed by atoms with Crippen LogP contribution in [0.3, 0.4) is 0 Å². The molecule has 0 saturated carbocycles. The second kappa shape index (κ2) is 5.81. The summed E-state index contributed by atoms with van der Waals surface area (Å²) >= 11 is 5.12. The Morgan fingerprint density at radius 3 is 3.00 bits per heavy atom. The lowest BCUT2D eigenvalue weighted by Crippen LogP contribution is -2.49. The Labute approximate surface area is 118 Å². The molecule has 1 aromatic heterocycles. The summed E-state index contributed by atoms with van der Waals surface area (Å²) in [6.07, 6.45) is 1.58. The molecule has 0 spiro atoms. The van der Waals surface area contributed by atoms with Crippen LogP contribution >= 0.6 is 12.2 Å². The molecule has 0 radical (unpaired) electrons. The van der Waals surface area contributed by atoms with Crippen LogP contribution < -0.4 is 10.6 Å². The van der Waals surface area contributed by atoms with Gasteiger partial charge in [-0.05, 0) is 25.5 Å². The summed E-state index contributed by atoms with van der Waals surface area (Å²) in [5, 5.41) is 9.28. The van der Waals surface area contributed by atoms with E-state index in [1.54, 1.807) is 6.20 Å². The number of aliphatic hydroxyl groups excluding tert-OH is 1. The quantitative estimate of drug-likeness (QED) is 0.791. The highest BCUT2D eigenvalue weighted by Crippen LogP contribution is 2.24. The second-order valence-corrected chi connectivity index (χ2v) is 5.29. The first-order valence-corrected chi connectivity index (χ1v) is 6.70. The van der Waals surface area contributed by atoms with Gasteiger partial charge in [0.25, 0.3) is 0 Å². The summed E-state index contributed by atoms with van der Waals surface area (Å²) in [5.74, 6) is 0.779. The van der Waals surface area contributed by atoms with Gasteiger partial charge >= 0.3 is 0 Å². The van der Waals surface area contributed by atoms with Crippen LogP contribution in [0, 0.1) is 6.92 Å². The number of anilines is 1. The molecule has 104 valence electrons. The number of hydrogen-bond donors (Lipinski definition) is 2. The SMILES string of the molecule is Cc1ccnc(N2CC(C)OC(CO)C2)c1C(N)=S. The van der Waals surface area contributed by atoms with Crippen LogP contribution in [0.4, 0.5) is 5.82 Å². The molecule has 2 atom stereocenters. The zero-order valence-electron chi connectivity index (χ0n) is 11.2. The van der Waals surface area contributed by atoms with Crippen LogP contribution in [0.5, 0.6) is 0 Å². The third kappa shape index (κ3) is 3.02. The minimum atomic E-state index is -0.203. The van der Waals surface area contributed by atoms with E-state index in [9.17, 15) is 5.11 Å². The van der Waals surface area contributed by atoms with Crippen molar-refractivity contribution in [2.45, 2.75) is 26.1 Å². The molecule has 0 bridgehead atoms. The molecule has 6 heteroatoms. The molecule has 1 aromatic rings. The maximum absolute atomic E-state index is 9.28. The molecule has 3 N–H and O–H groups in total. The molecule has 2 unspecified atom stereocenters. The summed E-state index contributed by atoms with van der Waals surface area (Å²) < 4.78 is 5.63. The number of aromatic nitrogens is 1. The van der Waals surface area contributed by atoms with Crippen molar-refractivity contribution in [1.29, 1.82) is 0 Å². The molecular formula is C13H19N3O2S. The standard InChI is InChI=1S/C13H19N3O2S/c1-8-3-4-15-13(11(8)12(14)19)16-5-9(2)18-10(6-16)7-17/h3-4,9-10,17H,5-7H2,1-2H3,(H2,14,19). The maximum atomic E-state index is 9.28. The van der Waals surface area contributed by atoms with Crippen LogP contribution in [0.25, 0.3) is 0 Å². The summed E-state index contributed by atoms with van der Waals surface area (Å²) in [6.45, 7) is 5.24. The third-order valence-electron chi connectivity index (χ3n) is 3.22. The Balaban J connectivity index is 2.35. The topological polar surface area (TPSA) is 71.6 Å². The van der Waals surface area contributed by atoms with Crippen LogP contribution in [0.2, 0.25) is 0 Å². The van der Waals surface area contributed by atoms with E-state index in [2.05, 4.69) is 9.88 Å². The number of thiocarbonyl (C=S) groups is 1. The molecule has 0 amide bonds. The van der Waals surface area contributed by atoms with Gasteiger partial charge in [0.2, 0.25) is 0 Å². The monoisotopic (exact) mass is 281 g/mol. The van der Waals surface area contributed by atoms with Crippen molar-refractivity contribution in [3.05, 3.63) is 23.4 Å². The molecule has 1 aliphatic rings. The highest BCUT2D eigenvalue weighted by atomic mass is 32.1. The number of nitrogens with zero attached hydrogens (tertiary/aromatic N) is 2. The molecule has 19 heavy (non-hydrogen) atoms. The van der Waals surface area contributed by atoms with E-state index >= 15 is 0 Å². The zero-order valence-corrected chi connectivity index (χ0v) is 12.0. The van der Waals surface area contributed by atoms with Crippen molar-refractivity contribution in [2.24, 2.45) is 5.73 Å². The largest absolute Gasteiger partial charge is 0.394 e. The number of aryl methyl sites for hydroxylation is 1. The predicted molar refractivity (Wildman–Crippen MR) is 78.5 cm³/mol. The van der Waals surface area contributed by atoms with E-state index < -0.39 is 0 Å². The minimum absolute atomic E-state index is 0.00490. The van der Waals surface area contributed by atoms with Gasteiger partial charge in [-0.2, -0.15) is 0 Å². The summed E-state index contributed by atoms with van der Waals surface area (Å²) in [7, 11) is 0. The van der Waals surface area contributed by atoms with Gasteiger partial charge in [-0.25, -0.2) is 4.98 Å². The number of hydrogen-bond acceptors (Lipinski definition) is 5. The Hall–Kier alpha value is -1.24. The molecule has 0 aliphatic carbocycles. The third-order valence-corrected chi connectivity index (χ3v) is 3.42. The first kappa shape index (κ1) is 14.2. The van der Waals surface area contributed by atoms with E-state index in [1.807, 2.05) is 19.9 Å². The van der Waals surface area contributed by atoms with Gasteiger partial charge < -0.3 is 20.5 Å². The van der Waals surface area contributed by atoms with Crippen molar-refractivity contribution < 1.29 is 9.84 Å². The van der Waals surface area contributed by atoms with Gasteiger partial charge in [0.05, 0.1) is 24.4 Å². The molecule has 1 saturated heterocycles. The number of rotatable bonds is 3. The molecule has 5 nitrogen and oxygen atoms in total. The van der Waals surface area contributed by atoms with Crippen molar-refractivity contribution in [3.63, 3.8) is 0 Å². The van der Waals surface area contributed by atoms with Crippen molar-refractivity contribution >= 4 is 23.0 Å². The molecule has 1 fully saturated rings. The van der Waals surface area contributed by atoms with Gasteiger partial charge in [0.1, 0.15) is 10.8 Å². The second-order valence-electron chi connectivity index (χ2n) is 4.85. The first-order chi connectivity index (χ1) is 9.02. The van der Waals surface area contributed by atoms with E-state index in [4.69, 9.17) is 22.7 Å². The normalized spacial score (nSPS) is 23.4. The Morgan fingerprint density at radius 1 is 1.63 bits per heavy atom. The average Bonchev–Trinajstić information content (AvgIpc) is 2.37. The minimum Gasteiger partial charge on any atom is -0.394 e. The van der Waals surface area contributed by atoms with Gasteiger partial charge in [0.15, 0.2) is 0 Å². The summed E-state index contributed by atoms with van der Waals surface area (Å²) in [4.78, 5) is 6.84. The zero-order chi connectivity index (χ0) is 14.0. The number of aliphatic hydroxyl groups is 1. The molecule has 1 aliphatic heterocycles. The highest BCUT2D eigenvalue weighted by molar-refractivity contribution is 7.80. The smallest absolute Gasteiger partial charge is 0.139 e. The fourth-order valence-corrected chi connectivity index (χ4v) is 2.66. The Bertz CT molecular complexity index is 481. The molecule has 2 heterocycles.